The van der Waals surface area contributed by atoms with Gasteiger partial charge in [-0.25, -0.2) is 0 Å². The molecule has 0 saturated heterocycles. The van der Waals surface area contributed by atoms with Gasteiger partial charge in [-0.3, -0.25) is 0 Å². The lowest BCUT2D eigenvalue weighted by molar-refractivity contribution is 1.02. The minimum absolute atomic E-state index is 1.06. The van der Waals surface area contributed by atoms with Crippen LogP contribution in [0.1, 0.15) is 12.8 Å². The summed E-state index contributed by atoms with van der Waals surface area (Å²) in [7, 11) is 0. The van der Waals surface area contributed by atoms with Crippen molar-refractivity contribution < 1.29 is 0 Å². The summed E-state index contributed by atoms with van der Waals surface area (Å²) in [5.74, 6) is 0. The maximum atomic E-state index is 2.45. The van der Waals surface area contributed by atoms with Crippen molar-refractivity contribution in [1.29, 1.82) is 0 Å². The van der Waals surface area contributed by atoms with Gasteiger partial charge in [-0.1, -0.05) is 121 Å². The molecule has 0 fully saturated rings. The van der Waals surface area contributed by atoms with Crippen LogP contribution in [-0.4, -0.2) is 13.7 Å². The molecule has 12 rings (SSSR count). The number of allylic oxidation sites excluding steroid dienone is 4. The van der Waals surface area contributed by atoms with Gasteiger partial charge in [-0.15, -0.1) is 0 Å². The summed E-state index contributed by atoms with van der Waals surface area (Å²) in [4.78, 5) is 0. The third kappa shape index (κ3) is 4.92. The number of hydrogen-bond donors (Lipinski definition) is 0. The summed E-state index contributed by atoms with van der Waals surface area (Å²) in [5.41, 5.74) is 15.8. The number of nitrogens with zero attached hydrogens (tertiary/aromatic N) is 3. The molecule has 0 bridgehead atoms. The average molecular weight is 728 g/mol. The van der Waals surface area contributed by atoms with Crippen LogP contribution in [-0.2, 0) is 0 Å². The summed E-state index contributed by atoms with van der Waals surface area (Å²) in [6, 6.07) is 66.9. The molecule has 0 atom stereocenters. The van der Waals surface area contributed by atoms with Gasteiger partial charge in [-0.05, 0) is 114 Å². The van der Waals surface area contributed by atoms with Gasteiger partial charge >= 0.3 is 0 Å². The first-order chi connectivity index (χ1) is 28.3. The van der Waals surface area contributed by atoms with E-state index in [-0.39, 0.29) is 0 Å². The minimum Gasteiger partial charge on any atom is -0.310 e. The summed E-state index contributed by atoms with van der Waals surface area (Å²) < 4.78 is 7.21. The van der Waals surface area contributed by atoms with E-state index in [1.54, 1.807) is 0 Å². The summed E-state index contributed by atoms with van der Waals surface area (Å²) in [6.07, 6.45) is 9.10. The molecule has 0 N–H and O–H groups in total. The molecule has 0 unspecified atom stereocenters. The zero-order chi connectivity index (χ0) is 37.5. The molecule has 0 saturated carbocycles. The van der Waals surface area contributed by atoms with Gasteiger partial charge in [0.25, 0.3) is 0 Å². The van der Waals surface area contributed by atoms with Gasteiger partial charge < -0.3 is 13.7 Å². The predicted octanol–water partition coefficient (Wildman–Crippen LogP) is 14.5. The van der Waals surface area contributed by atoms with Gasteiger partial charge in [0, 0.05) is 49.4 Å². The topological polar surface area (TPSA) is 14.8 Å². The molecule has 0 aliphatic heterocycles. The highest BCUT2D eigenvalue weighted by Gasteiger charge is 2.17. The molecule has 3 nitrogen and oxygen atoms in total. The molecular formula is C54H37N3. The second kappa shape index (κ2) is 12.6. The van der Waals surface area contributed by atoms with E-state index in [1.807, 2.05) is 0 Å². The van der Waals surface area contributed by atoms with Crippen molar-refractivity contribution in [1.82, 2.24) is 13.7 Å². The van der Waals surface area contributed by atoms with Crippen LogP contribution >= 0.6 is 0 Å². The van der Waals surface area contributed by atoms with E-state index >= 15 is 0 Å². The number of para-hydroxylation sites is 4. The number of fused-ring (bicyclic) bond motifs is 9. The van der Waals surface area contributed by atoms with Crippen LogP contribution < -0.4 is 0 Å². The molecule has 11 aromatic rings. The lowest BCUT2D eigenvalue weighted by atomic mass is 10.00. The van der Waals surface area contributed by atoms with E-state index < -0.39 is 0 Å². The first-order valence-electron chi connectivity index (χ1n) is 19.9. The summed E-state index contributed by atoms with van der Waals surface area (Å²) in [6.45, 7) is 0. The fourth-order valence-electron chi connectivity index (χ4n) is 9.43. The molecule has 3 aromatic heterocycles. The Balaban J connectivity index is 0.967. The van der Waals surface area contributed by atoms with Crippen LogP contribution in [0.2, 0.25) is 0 Å². The van der Waals surface area contributed by atoms with Crippen molar-refractivity contribution >= 4 is 71.1 Å². The van der Waals surface area contributed by atoms with Crippen LogP contribution in [0.25, 0.3) is 105 Å². The quantitative estimate of drug-likeness (QED) is 0.168. The van der Waals surface area contributed by atoms with Gasteiger partial charge in [-0.2, -0.15) is 0 Å². The lowest BCUT2D eigenvalue weighted by Gasteiger charge is -2.13. The number of rotatable bonds is 5. The zero-order valence-electron chi connectivity index (χ0n) is 31.3. The molecule has 1 aliphatic rings. The maximum Gasteiger partial charge on any atom is 0.0541 e. The number of hydrogen-bond acceptors (Lipinski definition) is 0. The second-order valence-electron chi connectivity index (χ2n) is 15.2. The molecule has 3 heterocycles. The Kier molecular flexibility index (Phi) is 7.05. The van der Waals surface area contributed by atoms with E-state index in [0.29, 0.717) is 0 Å². The van der Waals surface area contributed by atoms with Crippen molar-refractivity contribution in [3.8, 4) is 33.6 Å². The second-order valence-corrected chi connectivity index (χ2v) is 15.2. The SMILES string of the molecule is C1=CC(n2c3ccc(-c4ccc(-n5c6ccccc6c6ccccc65)cc4)cc3c3cc(-c4ccc(-n5c6ccccc6c6ccccc65)cc4)ccc32)=CCC1. The highest BCUT2D eigenvalue weighted by atomic mass is 15.0. The third-order valence-electron chi connectivity index (χ3n) is 12.1. The minimum atomic E-state index is 1.06. The fourth-order valence-corrected chi connectivity index (χ4v) is 9.43. The van der Waals surface area contributed by atoms with Crippen molar-refractivity contribution in [2.45, 2.75) is 12.8 Å². The van der Waals surface area contributed by atoms with Crippen LogP contribution in [0.4, 0.5) is 0 Å². The van der Waals surface area contributed by atoms with Crippen LogP contribution in [0, 0.1) is 0 Å². The molecule has 8 aromatic carbocycles. The van der Waals surface area contributed by atoms with Gasteiger partial charge in [0.2, 0.25) is 0 Å². The number of aromatic nitrogens is 3. The van der Waals surface area contributed by atoms with Crippen LogP contribution in [0.5, 0.6) is 0 Å². The van der Waals surface area contributed by atoms with E-state index in [1.165, 1.54) is 105 Å². The Morgan fingerprint density at radius 2 is 0.667 bits per heavy atom. The van der Waals surface area contributed by atoms with Crippen molar-refractivity contribution in [2.75, 3.05) is 0 Å². The summed E-state index contributed by atoms with van der Waals surface area (Å²) >= 11 is 0. The smallest absolute Gasteiger partial charge is 0.0541 e. The fraction of sp³-hybridized carbons (Fsp3) is 0.0370. The molecule has 1 aliphatic carbocycles. The van der Waals surface area contributed by atoms with Gasteiger partial charge in [0.1, 0.15) is 0 Å². The highest BCUT2D eigenvalue weighted by molar-refractivity contribution is 6.13. The predicted molar refractivity (Wildman–Crippen MR) is 242 cm³/mol. The Hall–Kier alpha value is -7.36. The summed E-state index contributed by atoms with van der Waals surface area (Å²) in [5, 5.41) is 7.64. The first-order valence-corrected chi connectivity index (χ1v) is 19.9. The monoisotopic (exact) mass is 727 g/mol. The van der Waals surface area contributed by atoms with Gasteiger partial charge in [0.15, 0.2) is 0 Å². The molecular weight excluding hydrogens is 691 g/mol. The Morgan fingerprint density at radius 3 is 1.05 bits per heavy atom. The van der Waals surface area contributed by atoms with Crippen molar-refractivity contribution in [3.05, 3.63) is 200 Å². The standard InChI is InChI=1S/C54H37N3/c1-2-12-40(13-3-1)55-53-32-26-38(36-22-28-41(29-23-36)56-49-18-8-4-14-43(49)44-15-5-9-19-50(44)56)34-47(53)48-35-39(27-33-54(48)55)37-24-30-42(31-25-37)57-51-20-10-6-16-45(51)46-17-7-11-21-52(46)57/h2,4-35H,1,3H2. The normalized spacial score (nSPS) is 13.2. The van der Waals surface area contributed by atoms with E-state index in [4.69, 9.17) is 0 Å². The number of benzene rings is 8. The Morgan fingerprint density at radius 1 is 0.298 bits per heavy atom. The molecule has 0 radical (unpaired) electrons. The molecule has 0 spiro atoms. The zero-order valence-corrected chi connectivity index (χ0v) is 31.3. The third-order valence-corrected chi connectivity index (χ3v) is 12.1. The van der Waals surface area contributed by atoms with Crippen molar-refractivity contribution in [3.63, 3.8) is 0 Å². The average Bonchev–Trinajstić information content (AvgIpc) is 3.92. The van der Waals surface area contributed by atoms with Gasteiger partial charge in [0.05, 0.1) is 33.1 Å². The van der Waals surface area contributed by atoms with Crippen LogP contribution in [0.3, 0.4) is 0 Å². The lowest BCUT2D eigenvalue weighted by Crippen LogP contribution is -1.97. The molecule has 268 valence electrons. The Bertz CT molecular complexity index is 3120. The molecule has 3 heteroatoms. The van der Waals surface area contributed by atoms with E-state index in [9.17, 15) is 0 Å². The largest absolute Gasteiger partial charge is 0.310 e. The molecule has 0 amide bonds. The highest BCUT2D eigenvalue weighted by Crippen LogP contribution is 2.39. The first kappa shape index (κ1) is 31.9. The van der Waals surface area contributed by atoms with E-state index in [0.717, 1.165) is 12.8 Å². The van der Waals surface area contributed by atoms with Crippen LogP contribution in [0.15, 0.2) is 200 Å². The molecule has 57 heavy (non-hydrogen) atoms. The van der Waals surface area contributed by atoms with E-state index in [2.05, 4.69) is 214 Å². The Labute approximate surface area is 330 Å². The maximum absolute atomic E-state index is 2.45. The van der Waals surface area contributed by atoms with Crippen molar-refractivity contribution in [2.24, 2.45) is 0 Å².